The van der Waals surface area contributed by atoms with E-state index in [1.54, 1.807) is 0 Å². The van der Waals surface area contributed by atoms with Gasteiger partial charge in [0.25, 0.3) is 5.69 Å². The third kappa shape index (κ3) is 4.72. The number of hydrogen-bond acceptors (Lipinski definition) is 6. The number of nitro groups is 1. The molecule has 11 heteroatoms. The lowest BCUT2D eigenvalue weighted by atomic mass is 9.98. The molecule has 1 unspecified atom stereocenters. The molecule has 2 aromatic rings. The molecule has 0 bridgehead atoms. The number of piperidine rings is 1. The van der Waals surface area contributed by atoms with Gasteiger partial charge in [-0.2, -0.15) is 4.31 Å². The maximum atomic E-state index is 12.9. The van der Waals surface area contributed by atoms with Crippen molar-refractivity contribution in [3.8, 4) is 5.75 Å². The minimum absolute atomic E-state index is 0.00797. The molecule has 9 nitrogen and oxygen atoms in total. The Morgan fingerprint density at radius 1 is 1.27 bits per heavy atom. The van der Waals surface area contributed by atoms with Crippen LogP contribution >= 0.6 is 11.6 Å². The molecule has 2 aromatic carbocycles. The van der Waals surface area contributed by atoms with Gasteiger partial charge in [-0.3, -0.25) is 14.9 Å². The molecular weight excluding hydrogens is 434 g/mol. The Morgan fingerprint density at radius 3 is 2.60 bits per heavy atom. The van der Waals surface area contributed by atoms with Gasteiger partial charge in [-0.25, -0.2) is 8.42 Å². The van der Waals surface area contributed by atoms with Crippen LogP contribution in [-0.4, -0.2) is 43.8 Å². The van der Waals surface area contributed by atoms with Gasteiger partial charge in [-0.15, -0.1) is 0 Å². The quantitative estimate of drug-likeness (QED) is 0.529. The highest BCUT2D eigenvalue weighted by molar-refractivity contribution is 7.89. The van der Waals surface area contributed by atoms with E-state index >= 15 is 0 Å². The van der Waals surface area contributed by atoms with Crippen LogP contribution in [0.4, 0.5) is 11.4 Å². The van der Waals surface area contributed by atoms with Gasteiger partial charge in [0.2, 0.25) is 15.9 Å². The van der Waals surface area contributed by atoms with Crippen LogP contribution in [0.5, 0.6) is 5.75 Å². The van der Waals surface area contributed by atoms with Gasteiger partial charge < -0.3 is 10.1 Å². The van der Waals surface area contributed by atoms with E-state index in [0.29, 0.717) is 24.4 Å². The molecule has 1 amide bonds. The van der Waals surface area contributed by atoms with Crippen molar-refractivity contribution in [3.05, 3.63) is 57.6 Å². The summed E-state index contributed by atoms with van der Waals surface area (Å²) in [6, 6.07) is 9.72. The fraction of sp³-hybridized carbons (Fsp3) is 0.316. The van der Waals surface area contributed by atoms with Gasteiger partial charge in [0, 0.05) is 30.2 Å². The zero-order chi connectivity index (χ0) is 21.9. The number of halogens is 1. The molecule has 0 spiro atoms. The number of non-ortho nitro benzene ring substituents is 1. The number of sulfonamides is 1. The summed E-state index contributed by atoms with van der Waals surface area (Å²) in [5.74, 6) is -0.759. The monoisotopic (exact) mass is 453 g/mol. The second-order valence-electron chi connectivity index (χ2n) is 6.79. The average Bonchev–Trinajstić information content (AvgIpc) is 2.74. The molecule has 1 N–H and O–H groups in total. The van der Waals surface area contributed by atoms with E-state index in [1.807, 2.05) is 0 Å². The molecule has 0 aromatic heterocycles. The number of carbonyl (C=O) groups is 1. The number of nitrogens with one attached hydrogen (secondary N) is 1. The number of rotatable bonds is 6. The number of anilines is 1. The molecule has 30 heavy (non-hydrogen) atoms. The summed E-state index contributed by atoms with van der Waals surface area (Å²) in [6.45, 7) is 0.308. The lowest BCUT2D eigenvalue weighted by molar-refractivity contribution is -0.384. The van der Waals surface area contributed by atoms with Crippen LogP contribution in [0.1, 0.15) is 12.8 Å². The van der Waals surface area contributed by atoms with Crippen LogP contribution in [0.25, 0.3) is 0 Å². The smallest absolute Gasteiger partial charge is 0.271 e. The van der Waals surface area contributed by atoms with Crippen LogP contribution < -0.4 is 10.1 Å². The van der Waals surface area contributed by atoms with Crippen LogP contribution in [0.3, 0.4) is 0 Å². The SMILES string of the molecule is COc1ccc([N+](=O)[O-])cc1NC(=O)C1CCCN(S(=O)(=O)c2ccc(Cl)cc2)C1. The largest absolute Gasteiger partial charge is 0.495 e. The van der Waals surface area contributed by atoms with Crippen molar-refractivity contribution in [3.63, 3.8) is 0 Å². The zero-order valence-electron chi connectivity index (χ0n) is 16.1. The predicted octanol–water partition coefficient (Wildman–Crippen LogP) is 3.30. The lowest BCUT2D eigenvalue weighted by Crippen LogP contribution is -2.43. The number of hydrogen-bond donors (Lipinski definition) is 1. The normalized spacial score (nSPS) is 17.3. The maximum absolute atomic E-state index is 12.9. The molecule has 0 aliphatic carbocycles. The van der Waals surface area contributed by atoms with Crippen LogP contribution in [-0.2, 0) is 14.8 Å². The Bertz CT molecular complexity index is 1060. The van der Waals surface area contributed by atoms with Crippen molar-refractivity contribution in [2.45, 2.75) is 17.7 Å². The first-order chi connectivity index (χ1) is 14.2. The molecule has 1 saturated heterocycles. The van der Waals surface area contributed by atoms with E-state index in [1.165, 1.54) is 53.9 Å². The summed E-state index contributed by atoms with van der Waals surface area (Å²) in [7, 11) is -2.38. The van der Waals surface area contributed by atoms with E-state index < -0.39 is 26.8 Å². The summed E-state index contributed by atoms with van der Waals surface area (Å²) < 4.78 is 32.2. The van der Waals surface area contributed by atoms with Gasteiger partial charge in [0.15, 0.2) is 0 Å². The fourth-order valence-corrected chi connectivity index (χ4v) is 4.92. The number of methoxy groups -OCH3 is 1. The van der Waals surface area contributed by atoms with E-state index in [9.17, 15) is 23.3 Å². The molecule has 0 saturated carbocycles. The highest BCUT2D eigenvalue weighted by atomic mass is 35.5. The van der Waals surface area contributed by atoms with Crippen LogP contribution in [0.15, 0.2) is 47.4 Å². The molecule has 1 atom stereocenters. The third-order valence-corrected chi connectivity index (χ3v) is 6.99. The van der Waals surface area contributed by atoms with Crippen LogP contribution in [0, 0.1) is 16.0 Å². The van der Waals surface area contributed by atoms with Crippen LogP contribution in [0.2, 0.25) is 5.02 Å². The Hall–Kier alpha value is -2.69. The number of ether oxygens (including phenoxy) is 1. The van der Waals surface area contributed by atoms with Crippen molar-refractivity contribution < 1.29 is 22.9 Å². The number of nitrogens with zero attached hydrogens (tertiary/aromatic N) is 2. The Balaban J connectivity index is 1.77. The number of amides is 1. The summed E-state index contributed by atoms with van der Waals surface area (Å²) in [5.41, 5.74) is -0.0314. The molecule has 160 valence electrons. The highest BCUT2D eigenvalue weighted by Crippen LogP contribution is 2.31. The third-order valence-electron chi connectivity index (χ3n) is 4.86. The molecule has 1 heterocycles. The number of carbonyl (C=O) groups excluding carboxylic acids is 1. The first kappa shape index (κ1) is 22.0. The van der Waals surface area contributed by atoms with Gasteiger partial charge in [0.1, 0.15) is 5.75 Å². The van der Waals surface area contributed by atoms with Crippen molar-refractivity contribution in [1.82, 2.24) is 4.31 Å². The topological polar surface area (TPSA) is 119 Å². The predicted molar refractivity (Wildman–Crippen MR) is 111 cm³/mol. The standard InChI is InChI=1S/C19H20ClN3O6S/c1-29-18-9-6-15(23(25)26)11-17(18)21-19(24)13-3-2-10-22(12-13)30(27,28)16-7-4-14(20)5-8-16/h4-9,11,13H,2-3,10,12H2,1H3,(H,21,24). The highest BCUT2D eigenvalue weighted by Gasteiger charge is 2.33. The van der Waals surface area contributed by atoms with Crippen molar-refractivity contribution in [2.24, 2.45) is 5.92 Å². The maximum Gasteiger partial charge on any atom is 0.271 e. The number of nitro benzene ring substituents is 1. The van der Waals surface area contributed by atoms with Crippen molar-refractivity contribution in [2.75, 3.05) is 25.5 Å². The van der Waals surface area contributed by atoms with E-state index in [2.05, 4.69) is 5.32 Å². The van der Waals surface area contributed by atoms with Gasteiger partial charge in [0.05, 0.1) is 28.5 Å². The second kappa shape index (κ2) is 8.99. The van der Waals surface area contributed by atoms with E-state index in [-0.39, 0.29) is 28.6 Å². The summed E-state index contributed by atoms with van der Waals surface area (Å²) in [4.78, 5) is 23.3. The van der Waals surface area contributed by atoms with E-state index in [0.717, 1.165) is 0 Å². The molecule has 1 fully saturated rings. The molecule has 0 radical (unpaired) electrons. The van der Waals surface area contributed by atoms with Gasteiger partial charge >= 0.3 is 0 Å². The Morgan fingerprint density at radius 2 is 1.97 bits per heavy atom. The zero-order valence-corrected chi connectivity index (χ0v) is 17.6. The Labute approximate surface area is 178 Å². The Kier molecular flexibility index (Phi) is 6.59. The molecule has 3 rings (SSSR count). The first-order valence-corrected chi connectivity index (χ1v) is 10.9. The minimum Gasteiger partial charge on any atom is -0.495 e. The minimum atomic E-state index is -3.77. The molecule has 1 aliphatic rings. The summed E-state index contributed by atoms with van der Waals surface area (Å²) in [6.07, 6.45) is 1.01. The average molecular weight is 454 g/mol. The summed E-state index contributed by atoms with van der Waals surface area (Å²) in [5, 5.41) is 14.1. The van der Waals surface area contributed by atoms with Gasteiger partial charge in [-0.05, 0) is 43.2 Å². The van der Waals surface area contributed by atoms with Gasteiger partial charge in [-0.1, -0.05) is 11.6 Å². The fourth-order valence-electron chi connectivity index (χ4n) is 3.27. The van der Waals surface area contributed by atoms with Crippen molar-refractivity contribution in [1.29, 1.82) is 0 Å². The van der Waals surface area contributed by atoms with E-state index in [4.69, 9.17) is 16.3 Å². The number of benzene rings is 2. The first-order valence-electron chi connectivity index (χ1n) is 9.11. The summed E-state index contributed by atoms with van der Waals surface area (Å²) >= 11 is 5.83. The lowest BCUT2D eigenvalue weighted by Gasteiger charge is -2.31. The van der Waals surface area contributed by atoms with Crippen molar-refractivity contribution >= 4 is 38.9 Å². The molecular formula is C19H20ClN3O6S. The molecule has 1 aliphatic heterocycles. The second-order valence-corrected chi connectivity index (χ2v) is 9.16.